The molecule has 0 aromatic heterocycles. The second-order valence-corrected chi connectivity index (χ2v) is 13.7. The van der Waals surface area contributed by atoms with E-state index in [9.17, 15) is 0 Å². The van der Waals surface area contributed by atoms with E-state index in [0.29, 0.717) is 13.2 Å². The van der Waals surface area contributed by atoms with Crippen molar-refractivity contribution in [3.8, 4) is 0 Å². The summed E-state index contributed by atoms with van der Waals surface area (Å²) in [6, 6.07) is 0. The molecule has 4 heteroatoms. The normalized spacial score (nSPS) is 28.5. The summed E-state index contributed by atoms with van der Waals surface area (Å²) in [6.45, 7) is 21.8. The molecule has 1 atom stereocenters. The molecule has 0 unspecified atom stereocenters. The Balaban J connectivity index is 2.36. The van der Waals surface area contributed by atoms with Crippen molar-refractivity contribution in [3.63, 3.8) is 0 Å². The van der Waals surface area contributed by atoms with Crippen LogP contribution in [0.3, 0.4) is 0 Å². The Morgan fingerprint density at radius 3 is 2.05 bits per heavy atom. The first-order valence-electron chi connectivity index (χ1n) is 8.48. The summed E-state index contributed by atoms with van der Waals surface area (Å²) >= 11 is 0. The van der Waals surface area contributed by atoms with Gasteiger partial charge in [-0.15, -0.1) is 0 Å². The van der Waals surface area contributed by atoms with Crippen LogP contribution in [-0.2, 0) is 13.9 Å². The van der Waals surface area contributed by atoms with Crippen LogP contribution in [0.25, 0.3) is 0 Å². The highest BCUT2D eigenvalue weighted by Crippen LogP contribution is 2.53. The van der Waals surface area contributed by atoms with E-state index in [1.54, 1.807) is 0 Å². The summed E-state index contributed by atoms with van der Waals surface area (Å²) in [5.41, 5.74) is 2.60. The molecule has 2 rings (SSSR count). The number of rotatable bonds is 2. The fourth-order valence-electron chi connectivity index (χ4n) is 3.27. The van der Waals surface area contributed by atoms with Crippen molar-refractivity contribution in [2.24, 2.45) is 5.41 Å². The van der Waals surface area contributed by atoms with Crippen LogP contribution in [0.2, 0.25) is 18.1 Å². The van der Waals surface area contributed by atoms with Gasteiger partial charge in [0, 0.05) is 11.8 Å². The third-order valence-electron chi connectivity index (χ3n) is 6.42. The van der Waals surface area contributed by atoms with Crippen LogP contribution in [0, 0.1) is 5.41 Å². The van der Waals surface area contributed by atoms with E-state index in [4.69, 9.17) is 13.9 Å². The van der Waals surface area contributed by atoms with Gasteiger partial charge < -0.3 is 13.9 Å². The minimum absolute atomic E-state index is 0.104. The van der Waals surface area contributed by atoms with Gasteiger partial charge in [-0.3, -0.25) is 0 Å². The lowest BCUT2D eigenvalue weighted by Gasteiger charge is -2.51. The third-order valence-corrected chi connectivity index (χ3v) is 10.9. The fourth-order valence-corrected chi connectivity index (χ4v) is 4.59. The molecule has 0 bridgehead atoms. The molecule has 0 radical (unpaired) electrons. The summed E-state index contributed by atoms with van der Waals surface area (Å²) < 4.78 is 19.0. The largest absolute Gasteiger partial charge is 0.410 e. The van der Waals surface area contributed by atoms with Gasteiger partial charge in [-0.2, -0.15) is 0 Å². The van der Waals surface area contributed by atoms with E-state index in [1.807, 2.05) is 0 Å². The fraction of sp³-hybridized carbons (Fsp3) is 0.889. The van der Waals surface area contributed by atoms with Gasteiger partial charge in [0.25, 0.3) is 0 Å². The zero-order valence-electron chi connectivity index (χ0n) is 15.9. The van der Waals surface area contributed by atoms with Gasteiger partial charge in [0.15, 0.2) is 14.1 Å². The highest BCUT2D eigenvalue weighted by atomic mass is 28.4. The highest BCUT2D eigenvalue weighted by Gasteiger charge is 2.56. The average molecular weight is 327 g/mol. The Labute approximate surface area is 137 Å². The van der Waals surface area contributed by atoms with Crippen LogP contribution in [0.1, 0.15) is 54.9 Å². The molecule has 0 saturated carbocycles. The van der Waals surface area contributed by atoms with Crippen molar-refractivity contribution >= 4 is 8.32 Å². The first kappa shape index (κ1) is 18.2. The minimum Gasteiger partial charge on any atom is -0.410 e. The molecule has 0 amide bonds. The molecular formula is C18H34O3Si. The number of hydrogen-bond acceptors (Lipinski definition) is 3. The Kier molecular flexibility index (Phi) is 4.49. The smallest absolute Gasteiger partial charge is 0.192 e. The second kappa shape index (κ2) is 5.44. The Bertz CT molecular complexity index is 465. The summed E-state index contributed by atoms with van der Waals surface area (Å²) in [7, 11) is -1.82. The molecule has 22 heavy (non-hydrogen) atoms. The van der Waals surface area contributed by atoms with Crippen LogP contribution in [0.5, 0.6) is 0 Å². The van der Waals surface area contributed by atoms with Crippen LogP contribution in [0.15, 0.2) is 11.1 Å². The molecule has 1 fully saturated rings. The number of hydrogen-bond donors (Lipinski definition) is 0. The van der Waals surface area contributed by atoms with E-state index in [2.05, 4.69) is 61.6 Å². The van der Waals surface area contributed by atoms with Crippen molar-refractivity contribution in [2.75, 3.05) is 13.2 Å². The Morgan fingerprint density at radius 1 is 1.09 bits per heavy atom. The lowest BCUT2D eigenvalue weighted by molar-refractivity contribution is -0.234. The predicted molar refractivity (Wildman–Crippen MR) is 93.5 cm³/mol. The molecule has 1 aliphatic carbocycles. The molecule has 0 aromatic carbocycles. The molecule has 1 spiro atoms. The summed E-state index contributed by atoms with van der Waals surface area (Å²) in [5, 5.41) is 0.207. The van der Waals surface area contributed by atoms with Gasteiger partial charge in [-0.05, 0) is 37.6 Å². The quantitative estimate of drug-likeness (QED) is 0.534. The number of ether oxygens (including phenoxy) is 2. The van der Waals surface area contributed by atoms with E-state index in [0.717, 1.165) is 6.42 Å². The van der Waals surface area contributed by atoms with Crippen LogP contribution in [-0.4, -0.2) is 33.4 Å². The third kappa shape index (κ3) is 2.72. The van der Waals surface area contributed by atoms with Gasteiger partial charge in [-0.25, -0.2) is 0 Å². The maximum Gasteiger partial charge on any atom is 0.192 e. The maximum atomic E-state index is 6.73. The van der Waals surface area contributed by atoms with Crippen LogP contribution < -0.4 is 0 Å². The zero-order valence-corrected chi connectivity index (χ0v) is 16.9. The lowest BCUT2D eigenvalue weighted by atomic mass is 9.68. The molecule has 1 saturated heterocycles. The van der Waals surface area contributed by atoms with E-state index < -0.39 is 14.1 Å². The molecule has 0 N–H and O–H groups in total. The zero-order chi connectivity index (χ0) is 17.0. The monoisotopic (exact) mass is 326 g/mol. The van der Waals surface area contributed by atoms with E-state index in [1.165, 1.54) is 11.1 Å². The lowest BCUT2D eigenvalue weighted by Crippen LogP contribution is -2.55. The molecule has 1 aliphatic heterocycles. The van der Waals surface area contributed by atoms with Crippen molar-refractivity contribution in [1.82, 2.24) is 0 Å². The van der Waals surface area contributed by atoms with E-state index in [-0.39, 0.29) is 16.6 Å². The maximum absolute atomic E-state index is 6.73. The Hall–Kier alpha value is -0.163. The summed E-state index contributed by atoms with van der Waals surface area (Å²) in [5.74, 6) is -0.524. The summed E-state index contributed by atoms with van der Waals surface area (Å²) in [6.07, 6.45) is 0.905. The first-order valence-corrected chi connectivity index (χ1v) is 11.4. The molecular weight excluding hydrogens is 292 g/mol. The molecule has 2 aliphatic rings. The van der Waals surface area contributed by atoms with Gasteiger partial charge in [0.05, 0.1) is 19.3 Å². The van der Waals surface area contributed by atoms with Crippen molar-refractivity contribution in [3.05, 3.63) is 11.1 Å². The molecule has 1 heterocycles. The minimum atomic E-state index is -1.82. The van der Waals surface area contributed by atoms with Gasteiger partial charge in [-0.1, -0.05) is 40.2 Å². The van der Waals surface area contributed by atoms with Crippen molar-refractivity contribution in [1.29, 1.82) is 0 Å². The van der Waals surface area contributed by atoms with Gasteiger partial charge in [0.1, 0.15) is 0 Å². The van der Waals surface area contributed by atoms with Crippen molar-refractivity contribution in [2.45, 2.75) is 84.9 Å². The van der Waals surface area contributed by atoms with E-state index >= 15 is 0 Å². The summed E-state index contributed by atoms with van der Waals surface area (Å²) in [4.78, 5) is 0. The first-order chi connectivity index (χ1) is 9.84. The SMILES string of the molecule is CC1=C(C)C(C)(C)C2(C[C@@H]1O[Si](C)(C)C(C)(C)C)OCCO2. The molecule has 128 valence electrons. The molecule has 3 nitrogen and oxygen atoms in total. The van der Waals surface area contributed by atoms with Gasteiger partial charge >= 0.3 is 0 Å². The topological polar surface area (TPSA) is 27.7 Å². The standard InChI is InChI=1S/C18H34O3Si/c1-13-14(2)17(6,7)18(19-10-11-20-18)12-15(13)21-22(8,9)16(3,4)5/h15H,10-12H2,1-9H3/t15-/m0/s1. The Morgan fingerprint density at radius 2 is 1.59 bits per heavy atom. The molecule has 0 aromatic rings. The predicted octanol–water partition coefficient (Wildman–Crippen LogP) is 4.89. The highest BCUT2D eigenvalue weighted by molar-refractivity contribution is 6.74. The van der Waals surface area contributed by atoms with Crippen molar-refractivity contribution < 1.29 is 13.9 Å². The van der Waals surface area contributed by atoms with Gasteiger partial charge in [0.2, 0.25) is 0 Å². The van der Waals surface area contributed by atoms with Crippen LogP contribution >= 0.6 is 0 Å². The van der Waals surface area contributed by atoms with Crippen LogP contribution in [0.4, 0.5) is 0 Å². The average Bonchev–Trinajstić information content (AvgIpc) is 2.83. The second-order valence-electron chi connectivity index (χ2n) is 8.95.